The first kappa shape index (κ1) is 16.1. The maximum absolute atomic E-state index is 9.22. The smallest absolute Gasteiger partial charge is 0.127 e. The Morgan fingerprint density at radius 1 is 1.29 bits per heavy atom. The number of methoxy groups -OCH3 is 1. The molecule has 0 amide bonds. The topological polar surface area (TPSA) is 41.9 Å². The number of nitrogens with zero attached hydrogens (tertiary/aromatic N) is 1. The molecular weight excluding hydrogens is 266 g/mol. The molecule has 21 heavy (non-hydrogen) atoms. The molecule has 1 aliphatic rings. The lowest BCUT2D eigenvalue weighted by Gasteiger charge is -2.31. The molecule has 0 spiro atoms. The Labute approximate surface area is 127 Å². The van der Waals surface area contributed by atoms with Gasteiger partial charge in [0.15, 0.2) is 0 Å². The SMILES string of the molecule is COc1ccc(CN2CCC(CO)CC2)c(OC(C)C)c1. The third kappa shape index (κ3) is 4.61. The lowest BCUT2D eigenvalue weighted by atomic mass is 9.97. The minimum atomic E-state index is 0.149. The van der Waals surface area contributed by atoms with Gasteiger partial charge >= 0.3 is 0 Å². The number of piperidine rings is 1. The van der Waals surface area contributed by atoms with Crippen LogP contribution in [-0.2, 0) is 6.54 Å². The number of hydrogen-bond donors (Lipinski definition) is 1. The molecule has 1 N–H and O–H groups in total. The molecule has 1 saturated heterocycles. The maximum atomic E-state index is 9.22. The van der Waals surface area contributed by atoms with E-state index in [0.717, 1.165) is 44.0 Å². The van der Waals surface area contributed by atoms with Crippen molar-refractivity contribution >= 4 is 0 Å². The van der Waals surface area contributed by atoms with Gasteiger partial charge in [-0.1, -0.05) is 6.07 Å². The quantitative estimate of drug-likeness (QED) is 0.875. The minimum Gasteiger partial charge on any atom is -0.497 e. The predicted octanol–water partition coefficient (Wildman–Crippen LogP) is 2.69. The number of aliphatic hydroxyl groups excluding tert-OH is 1. The fourth-order valence-corrected chi connectivity index (χ4v) is 2.72. The van der Waals surface area contributed by atoms with Gasteiger partial charge in [-0.05, 0) is 51.8 Å². The molecule has 4 nitrogen and oxygen atoms in total. The fourth-order valence-electron chi connectivity index (χ4n) is 2.72. The van der Waals surface area contributed by atoms with Crippen LogP contribution in [0, 0.1) is 5.92 Å². The van der Waals surface area contributed by atoms with E-state index in [4.69, 9.17) is 9.47 Å². The van der Waals surface area contributed by atoms with E-state index in [1.54, 1.807) is 7.11 Å². The van der Waals surface area contributed by atoms with Gasteiger partial charge in [0.2, 0.25) is 0 Å². The van der Waals surface area contributed by atoms with E-state index in [1.807, 2.05) is 26.0 Å². The number of hydrogen-bond acceptors (Lipinski definition) is 4. The summed E-state index contributed by atoms with van der Waals surface area (Å²) in [5.41, 5.74) is 1.20. The molecule has 2 rings (SSSR count). The molecule has 0 saturated carbocycles. The molecule has 118 valence electrons. The molecule has 0 atom stereocenters. The van der Waals surface area contributed by atoms with Crippen LogP contribution in [0.2, 0.25) is 0 Å². The van der Waals surface area contributed by atoms with E-state index in [1.165, 1.54) is 5.56 Å². The molecular formula is C17H27NO3. The van der Waals surface area contributed by atoms with Crippen LogP contribution in [0.25, 0.3) is 0 Å². The van der Waals surface area contributed by atoms with Crippen molar-refractivity contribution in [1.82, 2.24) is 4.90 Å². The monoisotopic (exact) mass is 293 g/mol. The summed E-state index contributed by atoms with van der Waals surface area (Å²) in [6.07, 6.45) is 2.30. The summed E-state index contributed by atoms with van der Waals surface area (Å²) in [5, 5.41) is 9.22. The van der Waals surface area contributed by atoms with Crippen LogP contribution >= 0.6 is 0 Å². The highest BCUT2D eigenvalue weighted by Gasteiger charge is 2.20. The molecule has 1 heterocycles. The van der Waals surface area contributed by atoms with Gasteiger partial charge in [0, 0.05) is 24.8 Å². The minimum absolute atomic E-state index is 0.149. The van der Waals surface area contributed by atoms with Gasteiger partial charge in [0.1, 0.15) is 11.5 Å². The van der Waals surface area contributed by atoms with Gasteiger partial charge in [-0.15, -0.1) is 0 Å². The van der Waals surface area contributed by atoms with E-state index >= 15 is 0 Å². The van der Waals surface area contributed by atoms with Gasteiger partial charge in [0.05, 0.1) is 13.2 Å². The van der Waals surface area contributed by atoms with Crippen molar-refractivity contribution < 1.29 is 14.6 Å². The van der Waals surface area contributed by atoms with Crippen molar-refractivity contribution in [3.63, 3.8) is 0 Å². The largest absolute Gasteiger partial charge is 0.497 e. The molecule has 0 aliphatic carbocycles. The number of likely N-dealkylation sites (tertiary alicyclic amines) is 1. The molecule has 0 unspecified atom stereocenters. The predicted molar refractivity (Wildman–Crippen MR) is 83.8 cm³/mol. The zero-order valence-corrected chi connectivity index (χ0v) is 13.3. The Morgan fingerprint density at radius 2 is 2.00 bits per heavy atom. The highest BCUT2D eigenvalue weighted by atomic mass is 16.5. The van der Waals surface area contributed by atoms with E-state index in [9.17, 15) is 5.11 Å². The molecule has 1 aromatic rings. The zero-order chi connectivity index (χ0) is 15.2. The van der Waals surface area contributed by atoms with E-state index < -0.39 is 0 Å². The summed E-state index contributed by atoms with van der Waals surface area (Å²) in [6.45, 7) is 7.37. The summed E-state index contributed by atoms with van der Waals surface area (Å²) in [4.78, 5) is 2.43. The Kier molecular flexibility index (Phi) is 5.88. The van der Waals surface area contributed by atoms with Gasteiger partial charge in [-0.3, -0.25) is 4.90 Å². The second-order valence-corrected chi connectivity index (χ2v) is 6.04. The van der Waals surface area contributed by atoms with E-state index in [0.29, 0.717) is 12.5 Å². The summed E-state index contributed by atoms with van der Waals surface area (Å²) in [6, 6.07) is 6.05. The third-order valence-corrected chi connectivity index (χ3v) is 4.00. The van der Waals surface area contributed by atoms with Crippen molar-refractivity contribution in [3.05, 3.63) is 23.8 Å². The van der Waals surface area contributed by atoms with Gasteiger partial charge in [-0.2, -0.15) is 0 Å². The highest BCUT2D eigenvalue weighted by Crippen LogP contribution is 2.28. The molecule has 1 aromatic carbocycles. The first-order valence-electron chi connectivity index (χ1n) is 7.79. The van der Waals surface area contributed by atoms with Crippen molar-refractivity contribution in [3.8, 4) is 11.5 Å². The van der Waals surface area contributed by atoms with Gasteiger partial charge in [-0.25, -0.2) is 0 Å². The van der Waals surface area contributed by atoms with Crippen molar-refractivity contribution in [2.75, 3.05) is 26.8 Å². The number of benzene rings is 1. The fraction of sp³-hybridized carbons (Fsp3) is 0.647. The standard InChI is InChI=1S/C17H27NO3/c1-13(2)21-17-10-16(20-3)5-4-15(17)11-18-8-6-14(12-19)7-9-18/h4-5,10,13-14,19H,6-9,11-12H2,1-3H3. The van der Waals surface area contributed by atoms with Crippen LogP contribution in [0.1, 0.15) is 32.3 Å². The van der Waals surface area contributed by atoms with Crippen LogP contribution in [0.15, 0.2) is 18.2 Å². The van der Waals surface area contributed by atoms with Gasteiger partial charge < -0.3 is 14.6 Å². The number of rotatable bonds is 6. The van der Waals surface area contributed by atoms with Crippen molar-refractivity contribution in [1.29, 1.82) is 0 Å². The second-order valence-electron chi connectivity index (χ2n) is 6.04. The second kappa shape index (κ2) is 7.66. The Hall–Kier alpha value is -1.26. The first-order chi connectivity index (χ1) is 10.1. The van der Waals surface area contributed by atoms with Crippen LogP contribution in [0.5, 0.6) is 11.5 Å². The lowest BCUT2D eigenvalue weighted by molar-refractivity contribution is 0.126. The molecule has 1 fully saturated rings. The summed E-state index contributed by atoms with van der Waals surface area (Å²) < 4.78 is 11.2. The molecule has 0 aromatic heterocycles. The molecule has 1 aliphatic heterocycles. The summed E-state index contributed by atoms with van der Waals surface area (Å²) >= 11 is 0. The Morgan fingerprint density at radius 3 is 2.57 bits per heavy atom. The van der Waals surface area contributed by atoms with Crippen LogP contribution in [-0.4, -0.2) is 42.9 Å². The molecule has 0 bridgehead atoms. The average Bonchev–Trinajstić information content (AvgIpc) is 2.49. The Balaban J connectivity index is 2.04. The number of ether oxygens (including phenoxy) is 2. The third-order valence-electron chi connectivity index (χ3n) is 4.00. The van der Waals surface area contributed by atoms with Crippen LogP contribution < -0.4 is 9.47 Å². The van der Waals surface area contributed by atoms with Gasteiger partial charge in [0.25, 0.3) is 0 Å². The zero-order valence-electron chi connectivity index (χ0n) is 13.3. The molecule has 0 radical (unpaired) electrons. The summed E-state index contributed by atoms with van der Waals surface area (Å²) in [7, 11) is 1.67. The first-order valence-corrected chi connectivity index (χ1v) is 7.79. The maximum Gasteiger partial charge on any atom is 0.127 e. The van der Waals surface area contributed by atoms with Crippen LogP contribution in [0.3, 0.4) is 0 Å². The van der Waals surface area contributed by atoms with Crippen molar-refractivity contribution in [2.24, 2.45) is 5.92 Å². The lowest BCUT2D eigenvalue weighted by Crippen LogP contribution is -2.34. The number of aliphatic hydroxyl groups is 1. The van der Waals surface area contributed by atoms with Crippen molar-refractivity contribution in [2.45, 2.75) is 39.3 Å². The van der Waals surface area contributed by atoms with Crippen LogP contribution in [0.4, 0.5) is 0 Å². The molecule has 4 heteroatoms. The van der Waals surface area contributed by atoms with E-state index in [2.05, 4.69) is 11.0 Å². The van der Waals surface area contributed by atoms with E-state index in [-0.39, 0.29) is 6.10 Å². The Bertz CT molecular complexity index is 440. The summed E-state index contributed by atoms with van der Waals surface area (Å²) in [5.74, 6) is 2.21. The average molecular weight is 293 g/mol. The normalized spacial score (nSPS) is 17.2. The highest BCUT2D eigenvalue weighted by molar-refractivity contribution is 5.41.